The molecule has 3 rings (SSSR count). The predicted molar refractivity (Wildman–Crippen MR) is 98.9 cm³/mol. The van der Waals surface area contributed by atoms with E-state index in [1.807, 2.05) is 53.3 Å². The van der Waals surface area contributed by atoms with Crippen LogP contribution in [0.3, 0.4) is 0 Å². The van der Waals surface area contributed by atoms with Crippen LogP contribution in [0.4, 0.5) is 10.5 Å². The fourth-order valence-electron chi connectivity index (χ4n) is 2.63. The molecule has 0 aliphatic heterocycles. The van der Waals surface area contributed by atoms with Gasteiger partial charge in [0, 0.05) is 37.6 Å². The van der Waals surface area contributed by atoms with Crippen molar-refractivity contribution in [2.75, 3.05) is 18.6 Å². The lowest BCUT2D eigenvalue weighted by Gasteiger charge is -2.21. The molecule has 0 bridgehead atoms. The van der Waals surface area contributed by atoms with Crippen LogP contribution in [0.15, 0.2) is 55.0 Å². The Kier molecular flexibility index (Phi) is 5.18. The van der Waals surface area contributed by atoms with Crippen molar-refractivity contribution in [2.24, 2.45) is 0 Å². The van der Waals surface area contributed by atoms with Crippen LogP contribution < -0.4 is 15.1 Å². The summed E-state index contributed by atoms with van der Waals surface area (Å²) in [5.41, 5.74) is 2.06. The van der Waals surface area contributed by atoms with Crippen molar-refractivity contribution in [3.8, 4) is 5.75 Å². The van der Waals surface area contributed by atoms with E-state index in [1.54, 1.807) is 18.5 Å². The van der Waals surface area contributed by atoms with Gasteiger partial charge in [0.15, 0.2) is 0 Å². The molecule has 0 saturated heterocycles. The molecule has 0 aliphatic carbocycles. The summed E-state index contributed by atoms with van der Waals surface area (Å²) in [6.07, 6.45) is 7.07. The van der Waals surface area contributed by atoms with E-state index in [2.05, 4.69) is 17.2 Å². The topological polar surface area (TPSA) is 59.4 Å². The fraction of sp³-hybridized carbons (Fsp3) is 0.263. The van der Waals surface area contributed by atoms with Crippen molar-refractivity contribution in [2.45, 2.75) is 19.8 Å². The lowest BCUT2D eigenvalue weighted by molar-refractivity contribution is 0.200. The minimum absolute atomic E-state index is 0.416. The van der Waals surface area contributed by atoms with E-state index in [1.165, 1.54) is 0 Å². The first kappa shape index (κ1) is 16.8. The van der Waals surface area contributed by atoms with E-state index in [9.17, 15) is 4.79 Å². The molecule has 0 radical (unpaired) electrons. The van der Waals surface area contributed by atoms with E-state index in [4.69, 9.17) is 4.74 Å². The Morgan fingerprint density at radius 3 is 2.80 bits per heavy atom. The van der Waals surface area contributed by atoms with E-state index < -0.39 is 6.09 Å². The summed E-state index contributed by atoms with van der Waals surface area (Å²) in [6.45, 7) is 2.71. The summed E-state index contributed by atoms with van der Waals surface area (Å²) in [4.78, 5) is 15.8. The second-order valence-electron chi connectivity index (χ2n) is 5.78. The van der Waals surface area contributed by atoms with Crippen LogP contribution in [0.2, 0.25) is 0 Å². The van der Waals surface area contributed by atoms with Crippen LogP contribution in [0, 0.1) is 0 Å². The molecule has 2 aromatic heterocycles. The van der Waals surface area contributed by atoms with Crippen LogP contribution in [-0.2, 0) is 0 Å². The zero-order valence-corrected chi connectivity index (χ0v) is 14.5. The van der Waals surface area contributed by atoms with Crippen LogP contribution in [0.5, 0.6) is 5.75 Å². The SMILES string of the molecule is CCCCNC(=O)Oc1ccc2c(ccn2N(C)c2ccncc2)c1. The number of anilines is 1. The van der Waals surface area contributed by atoms with Gasteiger partial charge in [0.25, 0.3) is 0 Å². The van der Waals surface area contributed by atoms with Gasteiger partial charge in [-0.25, -0.2) is 4.79 Å². The minimum atomic E-state index is -0.416. The number of benzene rings is 1. The lowest BCUT2D eigenvalue weighted by Crippen LogP contribution is -2.27. The third kappa shape index (κ3) is 3.91. The zero-order chi connectivity index (χ0) is 17.6. The molecule has 6 nitrogen and oxygen atoms in total. The number of carbonyl (C=O) groups is 1. The Morgan fingerprint density at radius 1 is 1.24 bits per heavy atom. The highest BCUT2D eigenvalue weighted by Gasteiger charge is 2.09. The summed E-state index contributed by atoms with van der Waals surface area (Å²) in [6, 6.07) is 11.5. The maximum Gasteiger partial charge on any atom is 0.412 e. The number of unbranched alkanes of at least 4 members (excludes halogenated alkanes) is 1. The molecule has 3 aromatic rings. The molecular formula is C19H22N4O2. The van der Waals surface area contributed by atoms with Crippen LogP contribution in [0.1, 0.15) is 19.8 Å². The first-order chi connectivity index (χ1) is 12.2. The van der Waals surface area contributed by atoms with Crippen molar-refractivity contribution in [1.29, 1.82) is 0 Å². The van der Waals surface area contributed by atoms with Gasteiger partial charge in [-0.1, -0.05) is 13.3 Å². The molecule has 2 heterocycles. The third-order valence-electron chi connectivity index (χ3n) is 4.01. The van der Waals surface area contributed by atoms with E-state index >= 15 is 0 Å². The monoisotopic (exact) mass is 338 g/mol. The number of hydrogen-bond donors (Lipinski definition) is 1. The third-order valence-corrected chi connectivity index (χ3v) is 4.01. The minimum Gasteiger partial charge on any atom is -0.410 e. The molecule has 0 fully saturated rings. The van der Waals surface area contributed by atoms with Crippen molar-refractivity contribution < 1.29 is 9.53 Å². The van der Waals surface area contributed by atoms with Gasteiger partial charge in [-0.2, -0.15) is 0 Å². The largest absolute Gasteiger partial charge is 0.412 e. The second-order valence-corrected chi connectivity index (χ2v) is 5.78. The number of pyridine rings is 1. The summed E-state index contributed by atoms with van der Waals surface area (Å²) in [5.74, 6) is 0.533. The van der Waals surface area contributed by atoms with Gasteiger partial charge < -0.3 is 10.1 Å². The Hall–Kier alpha value is -3.02. The predicted octanol–water partition coefficient (Wildman–Crippen LogP) is 3.82. The van der Waals surface area contributed by atoms with Gasteiger partial charge in [-0.3, -0.25) is 14.7 Å². The number of carbonyl (C=O) groups excluding carboxylic acids is 1. The van der Waals surface area contributed by atoms with E-state index in [0.29, 0.717) is 12.3 Å². The Morgan fingerprint density at radius 2 is 2.04 bits per heavy atom. The van der Waals surface area contributed by atoms with E-state index in [-0.39, 0.29) is 0 Å². The van der Waals surface area contributed by atoms with Gasteiger partial charge in [0.05, 0.1) is 11.2 Å². The van der Waals surface area contributed by atoms with Crippen LogP contribution in [-0.4, -0.2) is 29.3 Å². The number of hydrogen-bond acceptors (Lipinski definition) is 4. The highest BCUT2D eigenvalue weighted by molar-refractivity contribution is 5.83. The summed E-state index contributed by atoms with van der Waals surface area (Å²) >= 11 is 0. The van der Waals surface area contributed by atoms with Gasteiger partial charge >= 0.3 is 6.09 Å². The van der Waals surface area contributed by atoms with Gasteiger partial charge in [-0.05, 0) is 42.8 Å². The smallest absolute Gasteiger partial charge is 0.410 e. The number of aromatic nitrogens is 2. The molecule has 0 aliphatic rings. The quantitative estimate of drug-likeness (QED) is 0.694. The van der Waals surface area contributed by atoms with E-state index in [0.717, 1.165) is 29.4 Å². The highest BCUT2D eigenvalue weighted by atomic mass is 16.6. The van der Waals surface area contributed by atoms with Gasteiger partial charge in [-0.15, -0.1) is 0 Å². The zero-order valence-electron chi connectivity index (χ0n) is 14.5. The second kappa shape index (κ2) is 7.70. The Balaban J connectivity index is 1.76. The molecule has 0 unspecified atom stereocenters. The average molecular weight is 338 g/mol. The normalized spacial score (nSPS) is 10.6. The number of fused-ring (bicyclic) bond motifs is 1. The van der Waals surface area contributed by atoms with Gasteiger partial charge in [0.1, 0.15) is 5.75 Å². The van der Waals surface area contributed by atoms with Crippen molar-refractivity contribution in [3.63, 3.8) is 0 Å². The lowest BCUT2D eigenvalue weighted by atomic mass is 10.2. The highest BCUT2D eigenvalue weighted by Crippen LogP contribution is 2.24. The molecule has 25 heavy (non-hydrogen) atoms. The first-order valence-corrected chi connectivity index (χ1v) is 8.40. The van der Waals surface area contributed by atoms with Crippen LogP contribution >= 0.6 is 0 Å². The Labute approximate surface area is 147 Å². The number of rotatable bonds is 6. The number of ether oxygens (including phenoxy) is 1. The molecule has 0 atom stereocenters. The van der Waals surface area contributed by atoms with Crippen molar-refractivity contribution >= 4 is 22.7 Å². The summed E-state index contributed by atoms with van der Waals surface area (Å²) in [7, 11) is 1.99. The standard InChI is InChI=1S/C19H22N4O2/c1-3-4-10-21-19(24)25-17-5-6-18-15(14-17)9-13-23(18)22(2)16-7-11-20-12-8-16/h5-9,11-14H,3-4,10H2,1-2H3,(H,21,24). The number of nitrogens with one attached hydrogen (secondary N) is 1. The molecule has 6 heteroatoms. The Bertz CT molecular complexity index is 845. The van der Waals surface area contributed by atoms with Crippen molar-refractivity contribution in [1.82, 2.24) is 15.0 Å². The molecule has 1 amide bonds. The molecular weight excluding hydrogens is 316 g/mol. The molecule has 1 aromatic carbocycles. The first-order valence-electron chi connectivity index (χ1n) is 8.40. The number of nitrogens with zero attached hydrogens (tertiary/aromatic N) is 3. The number of amides is 1. The average Bonchev–Trinajstić information content (AvgIpc) is 3.05. The maximum atomic E-state index is 11.8. The van der Waals surface area contributed by atoms with Crippen LogP contribution in [0.25, 0.3) is 10.9 Å². The fourth-order valence-corrected chi connectivity index (χ4v) is 2.63. The summed E-state index contributed by atoms with van der Waals surface area (Å²) < 4.78 is 7.38. The molecule has 130 valence electrons. The molecule has 1 N–H and O–H groups in total. The maximum absolute atomic E-state index is 11.8. The van der Waals surface area contributed by atoms with Gasteiger partial charge in [0.2, 0.25) is 0 Å². The molecule has 0 saturated carbocycles. The van der Waals surface area contributed by atoms with Crippen molar-refractivity contribution in [3.05, 3.63) is 55.0 Å². The summed E-state index contributed by atoms with van der Waals surface area (Å²) in [5, 5.41) is 5.77. The molecule has 0 spiro atoms.